The lowest BCUT2D eigenvalue weighted by Crippen LogP contribution is -2.42. The molecule has 168 valence electrons. The second-order valence-corrected chi connectivity index (χ2v) is 7.12. The Kier molecular flexibility index (Phi) is 5.80. The van der Waals surface area contributed by atoms with E-state index in [-0.39, 0.29) is 30.5 Å². The number of carbonyl (C=O) groups is 1. The van der Waals surface area contributed by atoms with Gasteiger partial charge in [0.2, 0.25) is 0 Å². The van der Waals surface area contributed by atoms with Crippen molar-refractivity contribution >= 4 is 5.91 Å². The maximum Gasteiger partial charge on any atom is 0.573 e. The molecule has 1 aliphatic rings. The van der Waals surface area contributed by atoms with E-state index in [2.05, 4.69) is 25.1 Å². The summed E-state index contributed by atoms with van der Waals surface area (Å²) in [6.45, 7) is 0.286. The van der Waals surface area contributed by atoms with Crippen LogP contribution in [-0.4, -0.2) is 62.5 Å². The molecule has 12 heteroatoms. The lowest BCUT2D eigenvalue weighted by Gasteiger charge is -2.15. The Morgan fingerprint density at radius 2 is 1.97 bits per heavy atom. The summed E-state index contributed by atoms with van der Waals surface area (Å²) >= 11 is 0. The number of aryl methyl sites for hydroxylation is 1. The van der Waals surface area contributed by atoms with Gasteiger partial charge in [-0.05, 0) is 30.3 Å². The summed E-state index contributed by atoms with van der Waals surface area (Å²) < 4.78 is 47.8. The molecule has 1 amide bonds. The smallest absolute Gasteiger partial charge is 0.406 e. The van der Waals surface area contributed by atoms with Crippen molar-refractivity contribution in [2.75, 3.05) is 13.2 Å². The molecule has 0 radical (unpaired) electrons. The number of aliphatic hydroxyl groups excluding tert-OH is 1. The van der Waals surface area contributed by atoms with Crippen molar-refractivity contribution in [1.82, 2.24) is 25.1 Å². The molecule has 3 aromatic rings. The van der Waals surface area contributed by atoms with E-state index in [1.807, 2.05) is 0 Å². The van der Waals surface area contributed by atoms with Crippen LogP contribution >= 0.6 is 0 Å². The van der Waals surface area contributed by atoms with Crippen LogP contribution in [0, 0.1) is 0 Å². The van der Waals surface area contributed by atoms with Crippen molar-refractivity contribution in [3.05, 3.63) is 48.4 Å². The Hall–Kier alpha value is -3.51. The van der Waals surface area contributed by atoms with Crippen LogP contribution in [-0.2, 0) is 11.8 Å². The van der Waals surface area contributed by atoms with Crippen molar-refractivity contribution in [2.45, 2.75) is 18.5 Å². The van der Waals surface area contributed by atoms with Gasteiger partial charge in [0, 0.05) is 18.8 Å². The second-order valence-electron chi connectivity index (χ2n) is 7.12. The van der Waals surface area contributed by atoms with E-state index in [9.17, 15) is 23.1 Å². The van der Waals surface area contributed by atoms with Gasteiger partial charge in [-0.15, -0.1) is 13.2 Å². The zero-order valence-electron chi connectivity index (χ0n) is 16.7. The van der Waals surface area contributed by atoms with E-state index >= 15 is 0 Å². The van der Waals surface area contributed by atoms with Crippen LogP contribution in [0.4, 0.5) is 13.2 Å². The quantitative estimate of drug-likeness (QED) is 0.612. The van der Waals surface area contributed by atoms with Gasteiger partial charge in [0.1, 0.15) is 11.4 Å². The van der Waals surface area contributed by atoms with Crippen molar-refractivity contribution < 1.29 is 32.5 Å². The molecule has 0 aliphatic carbocycles. The zero-order chi connectivity index (χ0) is 22.9. The molecule has 1 aliphatic heterocycles. The number of aliphatic hydroxyl groups is 1. The fourth-order valence-corrected chi connectivity index (χ4v) is 3.13. The molecule has 2 atom stereocenters. The molecule has 0 bridgehead atoms. The molecule has 32 heavy (non-hydrogen) atoms. The third kappa shape index (κ3) is 5.03. The molecule has 1 saturated heterocycles. The van der Waals surface area contributed by atoms with Gasteiger partial charge in [-0.3, -0.25) is 9.48 Å². The Morgan fingerprint density at radius 1 is 1.22 bits per heavy atom. The van der Waals surface area contributed by atoms with Gasteiger partial charge in [0.05, 0.1) is 42.8 Å². The number of halogens is 3. The molecule has 3 heterocycles. The molecular formula is C20H18F3N5O4. The molecule has 0 unspecified atom stereocenters. The molecule has 9 nitrogen and oxygen atoms in total. The summed E-state index contributed by atoms with van der Waals surface area (Å²) in [7, 11) is 1.71. The van der Waals surface area contributed by atoms with Crippen LogP contribution < -0.4 is 10.1 Å². The average Bonchev–Trinajstić information content (AvgIpc) is 3.35. The van der Waals surface area contributed by atoms with Crippen LogP contribution in [0.3, 0.4) is 0 Å². The van der Waals surface area contributed by atoms with Crippen molar-refractivity contribution in [2.24, 2.45) is 7.05 Å². The molecule has 0 spiro atoms. The number of hydrogen-bond acceptors (Lipinski definition) is 7. The molecule has 2 aromatic heterocycles. The van der Waals surface area contributed by atoms with Crippen LogP contribution in [0.1, 0.15) is 10.5 Å². The van der Waals surface area contributed by atoms with Gasteiger partial charge in [0.25, 0.3) is 5.91 Å². The van der Waals surface area contributed by atoms with Gasteiger partial charge in [0.15, 0.2) is 5.82 Å². The number of aromatic nitrogens is 4. The van der Waals surface area contributed by atoms with Crippen LogP contribution in [0.15, 0.2) is 42.7 Å². The highest BCUT2D eigenvalue weighted by Crippen LogP contribution is 2.27. The Labute approximate surface area is 179 Å². The van der Waals surface area contributed by atoms with E-state index < -0.39 is 24.4 Å². The summed E-state index contributed by atoms with van der Waals surface area (Å²) in [4.78, 5) is 21.5. The first-order valence-electron chi connectivity index (χ1n) is 9.49. The fourth-order valence-electron chi connectivity index (χ4n) is 3.13. The minimum Gasteiger partial charge on any atom is -0.406 e. The van der Waals surface area contributed by atoms with Gasteiger partial charge in [-0.25, -0.2) is 9.97 Å². The largest absolute Gasteiger partial charge is 0.573 e. The highest BCUT2D eigenvalue weighted by Gasteiger charge is 2.31. The maximum atomic E-state index is 12.8. The van der Waals surface area contributed by atoms with Gasteiger partial charge >= 0.3 is 6.36 Å². The number of alkyl halides is 3. The predicted octanol–water partition coefficient (Wildman–Crippen LogP) is 1.93. The van der Waals surface area contributed by atoms with E-state index in [0.717, 1.165) is 12.1 Å². The summed E-state index contributed by atoms with van der Waals surface area (Å²) in [5.41, 5.74) is 1.32. The molecule has 0 saturated carbocycles. The minimum atomic E-state index is -4.80. The van der Waals surface area contributed by atoms with Crippen LogP contribution in [0.25, 0.3) is 22.6 Å². The maximum absolute atomic E-state index is 12.8. The number of ether oxygens (including phenoxy) is 2. The first-order valence-corrected chi connectivity index (χ1v) is 9.49. The van der Waals surface area contributed by atoms with Gasteiger partial charge < -0.3 is 19.9 Å². The van der Waals surface area contributed by atoms with Crippen molar-refractivity contribution in [3.8, 4) is 28.4 Å². The lowest BCUT2D eigenvalue weighted by molar-refractivity contribution is -0.274. The number of rotatable bonds is 5. The first-order chi connectivity index (χ1) is 15.2. The third-order valence-corrected chi connectivity index (χ3v) is 4.67. The van der Waals surface area contributed by atoms with E-state index in [1.165, 1.54) is 24.4 Å². The number of amides is 1. The fraction of sp³-hybridized carbons (Fsp3) is 0.300. The van der Waals surface area contributed by atoms with Crippen LogP contribution in [0.5, 0.6) is 5.75 Å². The normalized spacial score (nSPS) is 18.5. The van der Waals surface area contributed by atoms with Crippen molar-refractivity contribution in [3.63, 3.8) is 0 Å². The summed E-state index contributed by atoms with van der Waals surface area (Å²) in [6, 6.07) is 5.93. The SMILES string of the molecule is Cn1cc(-c2nc(C(=O)N[C@@H]3COC[C@@H]3O)cc(-c3ccc(OC(F)(F)F)cc3)n2)cn1. The number of nitrogens with one attached hydrogen (secondary N) is 1. The number of carbonyl (C=O) groups excluding carboxylic acids is 1. The summed E-state index contributed by atoms with van der Waals surface area (Å²) in [5.74, 6) is -0.721. The summed E-state index contributed by atoms with van der Waals surface area (Å²) in [5, 5.41) is 16.6. The topological polar surface area (TPSA) is 111 Å². The average molecular weight is 449 g/mol. The number of nitrogens with zero attached hydrogens (tertiary/aromatic N) is 4. The Bertz CT molecular complexity index is 1120. The summed E-state index contributed by atoms with van der Waals surface area (Å²) in [6.07, 6.45) is -2.45. The first kappa shape index (κ1) is 21.7. The molecular weight excluding hydrogens is 431 g/mol. The molecule has 1 aromatic carbocycles. The predicted molar refractivity (Wildman–Crippen MR) is 104 cm³/mol. The lowest BCUT2D eigenvalue weighted by atomic mass is 10.1. The highest BCUT2D eigenvalue weighted by molar-refractivity contribution is 5.94. The second kappa shape index (κ2) is 8.55. The van der Waals surface area contributed by atoms with E-state index in [0.29, 0.717) is 16.8 Å². The van der Waals surface area contributed by atoms with E-state index in [1.54, 1.807) is 17.9 Å². The minimum absolute atomic E-state index is 0.0172. The standard InChI is InChI=1S/C20H18F3N5O4/c1-28-8-12(7-24-28)18-25-14(11-2-4-13(5-3-11)32-20(21,22)23)6-15(26-18)19(30)27-16-9-31-10-17(16)29/h2-8,16-17,29H,9-10H2,1H3,(H,27,30)/t16-,17+/m1/s1. The van der Waals surface area contributed by atoms with Crippen LogP contribution in [0.2, 0.25) is 0 Å². The highest BCUT2D eigenvalue weighted by atomic mass is 19.4. The Balaban J connectivity index is 1.68. The van der Waals surface area contributed by atoms with E-state index in [4.69, 9.17) is 4.74 Å². The zero-order valence-corrected chi connectivity index (χ0v) is 16.7. The monoisotopic (exact) mass is 449 g/mol. The Morgan fingerprint density at radius 3 is 2.56 bits per heavy atom. The molecule has 1 fully saturated rings. The molecule has 4 rings (SSSR count). The van der Waals surface area contributed by atoms with Gasteiger partial charge in [-0.1, -0.05) is 0 Å². The third-order valence-electron chi connectivity index (χ3n) is 4.67. The van der Waals surface area contributed by atoms with Gasteiger partial charge in [-0.2, -0.15) is 5.10 Å². The van der Waals surface area contributed by atoms with Crippen molar-refractivity contribution in [1.29, 1.82) is 0 Å². The number of benzene rings is 1. The number of hydrogen-bond donors (Lipinski definition) is 2. The molecule has 2 N–H and O–H groups in total.